The smallest absolute Gasteiger partial charge is 0.309 e. The maximum Gasteiger partial charge on any atom is 0.309 e. The van der Waals surface area contributed by atoms with Gasteiger partial charge in [-0.05, 0) is 54.8 Å². The molecule has 0 aromatic heterocycles. The Morgan fingerprint density at radius 1 is 1.50 bits per heavy atom. The zero-order valence-corrected chi connectivity index (χ0v) is 12.0. The van der Waals surface area contributed by atoms with Gasteiger partial charge in [-0.2, -0.15) is 0 Å². The van der Waals surface area contributed by atoms with Crippen molar-refractivity contribution in [2.75, 3.05) is 6.61 Å². The second-order valence-electron chi connectivity index (χ2n) is 4.72. The summed E-state index contributed by atoms with van der Waals surface area (Å²) in [5.74, 6) is -0.753. The Morgan fingerprint density at radius 2 is 2.17 bits per heavy atom. The van der Waals surface area contributed by atoms with E-state index < -0.39 is 11.4 Å². The summed E-state index contributed by atoms with van der Waals surface area (Å²) in [4.78, 5) is 10.9. The lowest BCUT2D eigenvalue weighted by atomic mass is 9.88. The molecule has 0 atom stereocenters. The molecule has 0 unspecified atom stereocenters. The lowest BCUT2D eigenvalue weighted by Crippen LogP contribution is -2.24. The average molecular weight is 319 g/mol. The molecule has 0 radical (unpaired) electrons. The molecule has 1 aromatic carbocycles. The van der Waals surface area contributed by atoms with Crippen LogP contribution in [-0.4, -0.2) is 17.7 Å². The fraction of sp³-hybridized carbons (Fsp3) is 0.462. The average Bonchev–Trinajstić information content (AvgIpc) is 2.28. The Bertz CT molecular complexity index is 432. The van der Waals surface area contributed by atoms with Gasteiger partial charge in [0.2, 0.25) is 0 Å². The fourth-order valence-corrected chi connectivity index (χ4v) is 1.75. The number of aliphatic carboxylic acids is 1. The number of hydrogen-bond acceptors (Lipinski definition) is 2. The van der Waals surface area contributed by atoms with Crippen molar-refractivity contribution in [1.29, 1.82) is 0 Å². The molecule has 0 bridgehead atoms. The molecule has 0 amide bonds. The molecule has 1 aromatic rings. The molecule has 0 saturated carbocycles. The standard InChI is InChI=1S/C13H16BrFO3/c1-13(2,12(16)17)6-3-7-18-11-8-9(15)4-5-10(11)14/h4-5,8H,3,6-7H2,1-2H3,(H,16,17). The van der Waals surface area contributed by atoms with E-state index in [1.165, 1.54) is 12.1 Å². The Kier molecular flexibility index (Phi) is 5.14. The van der Waals surface area contributed by atoms with Crippen LogP contribution in [0.15, 0.2) is 22.7 Å². The maximum atomic E-state index is 13.0. The quantitative estimate of drug-likeness (QED) is 0.810. The summed E-state index contributed by atoms with van der Waals surface area (Å²) in [5, 5.41) is 8.94. The van der Waals surface area contributed by atoms with Crippen molar-refractivity contribution in [3.05, 3.63) is 28.5 Å². The predicted octanol–water partition coefficient (Wildman–Crippen LogP) is 3.86. The van der Waals surface area contributed by atoms with Crippen LogP contribution >= 0.6 is 15.9 Å². The molecule has 0 aliphatic carbocycles. The summed E-state index contributed by atoms with van der Waals surface area (Å²) in [6.07, 6.45) is 1.11. The van der Waals surface area contributed by atoms with Crippen LogP contribution in [0.3, 0.4) is 0 Å². The monoisotopic (exact) mass is 318 g/mol. The van der Waals surface area contributed by atoms with E-state index in [0.717, 1.165) is 0 Å². The Balaban J connectivity index is 2.43. The van der Waals surface area contributed by atoms with Crippen LogP contribution in [0.1, 0.15) is 26.7 Å². The van der Waals surface area contributed by atoms with E-state index in [0.29, 0.717) is 29.7 Å². The summed E-state index contributed by atoms with van der Waals surface area (Å²) >= 11 is 3.26. The molecule has 100 valence electrons. The van der Waals surface area contributed by atoms with Crippen LogP contribution in [0.25, 0.3) is 0 Å². The minimum Gasteiger partial charge on any atom is -0.492 e. The maximum absolute atomic E-state index is 13.0. The van der Waals surface area contributed by atoms with E-state index in [-0.39, 0.29) is 5.82 Å². The number of carboxylic acids is 1. The summed E-state index contributed by atoms with van der Waals surface area (Å²) in [7, 11) is 0. The van der Waals surface area contributed by atoms with Crippen molar-refractivity contribution in [2.45, 2.75) is 26.7 Å². The van der Waals surface area contributed by atoms with E-state index in [2.05, 4.69) is 15.9 Å². The van der Waals surface area contributed by atoms with E-state index >= 15 is 0 Å². The van der Waals surface area contributed by atoms with E-state index in [1.807, 2.05) is 0 Å². The number of carboxylic acid groups (broad SMARTS) is 1. The van der Waals surface area contributed by atoms with Crippen molar-refractivity contribution in [3.8, 4) is 5.75 Å². The Hall–Kier alpha value is -1.10. The lowest BCUT2D eigenvalue weighted by molar-refractivity contribution is -0.147. The van der Waals surface area contributed by atoms with Crippen molar-refractivity contribution in [3.63, 3.8) is 0 Å². The first kappa shape index (κ1) is 15.0. The largest absolute Gasteiger partial charge is 0.492 e. The molecule has 5 heteroatoms. The van der Waals surface area contributed by atoms with Crippen molar-refractivity contribution in [2.24, 2.45) is 5.41 Å². The lowest BCUT2D eigenvalue weighted by Gasteiger charge is -2.18. The number of carbonyl (C=O) groups is 1. The number of ether oxygens (including phenoxy) is 1. The molecular formula is C13H16BrFO3. The van der Waals surface area contributed by atoms with Gasteiger partial charge in [0.1, 0.15) is 11.6 Å². The first-order chi connectivity index (χ1) is 8.33. The molecule has 0 saturated heterocycles. The molecule has 3 nitrogen and oxygen atoms in total. The highest BCUT2D eigenvalue weighted by Crippen LogP contribution is 2.27. The molecular weight excluding hydrogens is 303 g/mol. The van der Waals surface area contributed by atoms with Gasteiger partial charge in [0.25, 0.3) is 0 Å². The van der Waals surface area contributed by atoms with E-state index in [9.17, 15) is 9.18 Å². The molecule has 0 aliphatic rings. The van der Waals surface area contributed by atoms with Crippen LogP contribution < -0.4 is 4.74 Å². The molecule has 1 N–H and O–H groups in total. The number of rotatable bonds is 6. The van der Waals surface area contributed by atoms with Gasteiger partial charge in [-0.3, -0.25) is 4.79 Å². The normalized spacial score (nSPS) is 11.3. The van der Waals surface area contributed by atoms with Crippen LogP contribution in [0, 0.1) is 11.2 Å². The van der Waals surface area contributed by atoms with Gasteiger partial charge in [-0.15, -0.1) is 0 Å². The Labute approximate surface area is 114 Å². The van der Waals surface area contributed by atoms with Gasteiger partial charge >= 0.3 is 5.97 Å². The van der Waals surface area contributed by atoms with Gasteiger partial charge < -0.3 is 9.84 Å². The fourth-order valence-electron chi connectivity index (χ4n) is 1.39. The predicted molar refractivity (Wildman–Crippen MR) is 70.2 cm³/mol. The first-order valence-corrected chi connectivity index (χ1v) is 6.43. The minimum atomic E-state index is -0.825. The highest BCUT2D eigenvalue weighted by Gasteiger charge is 2.26. The van der Waals surface area contributed by atoms with E-state index in [1.54, 1.807) is 19.9 Å². The Morgan fingerprint density at radius 3 is 2.78 bits per heavy atom. The van der Waals surface area contributed by atoms with Crippen LogP contribution in [-0.2, 0) is 4.79 Å². The molecule has 0 spiro atoms. The molecule has 0 heterocycles. The van der Waals surface area contributed by atoms with Crippen molar-refractivity contribution in [1.82, 2.24) is 0 Å². The third kappa shape index (κ3) is 4.29. The van der Waals surface area contributed by atoms with Crippen LogP contribution in [0.2, 0.25) is 0 Å². The summed E-state index contributed by atoms with van der Waals surface area (Å²) in [5.41, 5.74) is -0.761. The SMILES string of the molecule is CC(C)(CCCOc1cc(F)ccc1Br)C(=O)O. The topological polar surface area (TPSA) is 46.5 Å². The van der Waals surface area contributed by atoms with Crippen LogP contribution in [0.4, 0.5) is 4.39 Å². The van der Waals surface area contributed by atoms with Gasteiger partial charge in [0, 0.05) is 6.07 Å². The number of hydrogen-bond donors (Lipinski definition) is 1. The molecule has 1 rings (SSSR count). The van der Waals surface area contributed by atoms with Gasteiger partial charge in [-0.25, -0.2) is 4.39 Å². The highest BCUT2D eigenvalue weighted by molar-refractivity contribution is 9.10. The zero-order valence-electron chi connectivity index (χ0n) is 10.4. The van der Waals surface area contributed by atoms with Crippen molar-refractivity contribution < 1.29 is 19.0 Å². The minimum absolute atomic E-state index is 0.360. The summed E-state index contributed by atoms with van der Waals surface area (Å²) < 4.78 is 19.1. The van der Waals surface area contributed by atoms with E-state index in [4.69, 9.17) is 9.84 Å². The zero-order chi connectivity index (χ0) is 13.8. The van der Waals surface area contributed by atoms with Gasteiger partial charge in [0.15, 0.2) is 0 Å². The van der Waals surface area contributed by atoms with Gasteiger partial charge in [-0.1, -0.05) is 0 Å². The third-order valence-corrected chi connectivity index (χ3v) is 3.33. The summed E-state index contributed by atoms with van der Waals surface area (Å²) in [6.45, 7) is 3.71. The second-order valence-corrected chi connectivity index (χ2v) is 5.57. The molecule has 0 fully saturated rings. The molecule has 0 aliphatic heterocycles. The third-order valence-electron chi connectivity index (χ3n) is 2.68. The number of halogens is 2. The highest BCUT2D eigenvalue weighted by atomic mass is 79.9. The first-order valence-electron chi connectivity index (χ1n) is 5.64. The van der Waals surface area contributed by atoms with Crippen LogP contribution in [0.5, 0.6) is 5.75 Å². The molecule has 18 heavy (non-hydrogen) atoms. The number of benzene rings is 1. The van der Waals surface area contributed by atoms with Crippen molar-refractivity contribution >= 4 is 21.9 Å². The summed E-state index contributed by atoms with van der Waals surface area (Å²) in [6, 6.07) is 4.21. The second kappa shape index (κ2) is 6.18. The van der Waals surface area contributed by atoms with Gasteiger partial charge in [0.05, 0.1) is 16.5 Å².